The van der Waals surface area contributed by atoms with E-state index in [2.05, 4.69) is 9.97 Å². The van der Waals surface area contributed by atoms with E-state index in [1.807, 2.05) is 6.07 Å². The van der Waals surface area contributed by atoms with Crippen molar-refractivity contribution in [3.8, 4) is 6.07 Å². The molecule has 0 aliphatic rings. The quantitative estimate of drug-likeness (QED) is 0.794. The fraction of sp³-hybridized carbons (Fsp3) is 0.154. The lowest BCUT2D eigenvalue weighted by Gasteiger charge is -2.10. The molecule has 0 aliphatic heterocycles. The standard InChI is InChI=1S/C13H7F4N3/c14-10-3-1-8(2-4-10)11(5-18)9-6-19-12(20-7-9)13(15,16)17/h1-4,6-7,11H. The van der Waals surface area contributed by atoms with Gasteiger partial charge in [-0.3, -0.25) is 0 Å². The van der Waals surface area contributed by atoms with E-state index in [0.29, 0.717) is 5.56 Å². The fourth-order valence-corrected chi connectivity index (χ4v) is 1.63. The first-order chi connectivity index (χ1) is 9.41. The Balaban J connectivity index is 2.34. The number of benzene rings is 1. The van der Waals surface area contributed by atoms with Crippen LogP contribution in [0.5, 0.6) is 0 Å². The molecule has 0 spiro atoms. The molecule has 1 aromatic heterocycles. The molecule has 0 amide bonds. The fourth-order valence-electron chi connectivity index (χ4n) is 1.63. The summed E-state index contributed by atoms with van der Waals surface area (Å²) in [6.45, 7) is 0. The number of hydrogen-bond acceptors (Lipinski definition) is 3. The lowest BCUT2D eigenvalue weighted by molar-refractivity contribution is -0.145. The number of hydrogen-bond donors (Lipinski definition) is 0. The van der Waals surface area contributed by atoms with E-state index in [1.54, 1.807) is 0 Å². The summed E-state index contributed by atoms with van der Waals surface area (Å²) in [6.07, 6.45) is -2.73. The largest absolute Gasteiger partial charge is 0.451 e. The molecule has 0 bridgehead atoms. The van der Waals surface area contributed by atoms with Crippen molar-refractivity contribution in [3.05, 3.63) is 59.4 Å². The summed E-state index contributed by atoms with van der Waals surface area (Å²) in [5, 5.41) is 9.11. The normalized spacial score (nSPS) is 12.8. The molecular weight excluding hydrogens is 274 g/mol. The number of nitrogens with zero attached hydrogens (tertiary/aromatic N) is 3. The van der Waals surface area contributed by atoms with Gasteiger partial charge >= 0.3 is 6.18 Å². The van der Waals surface area contributed by atoms with Crippen molar-refractivity contribution in [3.63, 3.8) is 0 Å². The molecule has 1 heterocycles. The summed E-state index contributed by atoms with van der Waals surface area (Å²) in [5.74, 6) is -2.58. The maximum atomic E-state index is 12.8. The first kappa shape index (κ1) is 13.9. The van der Waals surface area contributed by atoms with E-state index in [-0.39, 0.29) is 5.56 Å². The van der Waals surface area contributed by atoms with Gasteiger partial charge in [0.1, 0.15) is 5.82 Å². The Morgan fingerprint density at radius 3 is 2.00 bits per heavy atom. The minimum absolute atomic E-state index is 0.215. The van der Waals surface area contributed by atoms with Crippen molar-refractivity contribution >= 4 is 0 Å². The van der Waals surface area contributed by atoms with Gasteiger partial charge in [-0.05, 0) is 17.7 Å². The Morgan fingerprint density at radius 2 is 1.55 bits per heavy atom. The molecule has 2 aromatic rings. The van der Waals surface area contributed by atoms with Crippen LogP contribution in [-0.2, 0) is 6.18 Å². The lowest BCUT2D eigenvalue weighted by Crippen LogP contribution is -2.11. The Labute approximate surface area is 111 Å². The van der Waals surface area contributed by atoms with Gasteiger partial charge in [0, 0.05) is 18.0 Å². The van der Waals surface area contributed by atoms with Crippen LogP contribution in [0.3, 0.4) is 0 Å². The zero-order chi connectivity index (χ0) is 14.8. The molecular formula is C13H7F4N3. The number of alkyl halides is 3. The Kier molecular flexibility index (Phi) is 3.66. The predicted octanol–water partition coefficient (Wildman–Crippen LogP) is 3.29. The van der Waals surface area contributed by atoms with Crippen molar-refractivity contribution in [2.75, 3.05) is 0 Å². The van der Waals surface area contributed by atoms with Crippen molar-refractivity contribution in [2.45, 2.75) is 12.1 Å². The van der Waals surface area contributed by atoms with Gasteiger partial charge in [-0.1, -0.05) is 12.1 Å². The Morgan fingerprint density at radius 1 is 1.00 bits per heavy atom. The van der Waals surface area contributed by atoms with Gasteiger partial charge in [0.2, 0.25) is 5.82 Å². The maximum Gasteiger partial charge on any atom is 0.451 e. The smallest absolute Gasteiger partial charge is 0.233 e. The molecule has 0 saturated heterocycles. The average Bonchev–Trinajstić information content (AvgIpc) is 2.41. The summed E-state index contributed by atoms with van der Waals surface area (Å²) < 4.78 is 49.8. The minimum atomic E-state index is -4.63. The third-order valence-electron chi connectivity index (χ3n) is 2.59. The van der Waals surface area contributed by atoms with Crippen molar-refractivity contribution < 1.29 is 17.6 Å². The van der Waals surface area contributed by atoms with Crippen LogP contribution in [0, 0.1) is 17.1 Å². The monoisotopic (exact) mass is 281 g/mol. The minimum Gasteiger partial charge on any atom is -0.233 e. The second-order valence-electron chi connectivity index (χ2n) is 3.95. The van der Waals surface area contributed by atoms with Crippen LogP contribution in [0.15, 0.2) is 36.7 Å². The lowest BCUT2D eigenvalue weighted by atomic mass is 9.95. The van der Waals surface area contributed by atoms with Gasteiger partial charge in [0.15, 0.2) is 0 Å². The molecule has 0 N–H and O–H groups in total. The van der Waals surface area contributed by atoms with Gasteiger partial charge in [0.25, 0.3) is 0 Å². The highest BCUT2D eigenvalue weighted by Crippen LogP contribution is 2.28. The highest BCUT2D eigenvalue weighted by Gasteiger charge is 2.34. The van der Waals surface area contributed by atoms with E-state index < -0.39 is 23.7 Å². The van der Waals surface area contributed by atoms with Crippen LogP contribution in [0.2, 0.25) is 0 Å². The van der Waals surface area contributed by atoms with Crippen LogP contribution in [0.1, 0.15) is 22.9 Å². The molecule has 3 nitrogen and oxygen atoms in total. The molecule has 20 heavy (non-hydrogen) atoms. The molecule has 0 aliphatic carbocycles. The van der Waals surface area contributed by atoms with Crippen LogP contribution in [0.4, 0.5) is 17.6 Å². The van der Waals surface area contributed by atoms with Gasteiger partial charge in [-0.15, -0.1) is 0 Å². The molecule has 0 radical (unpaired) electrons. The Bertz CT molecular complexity index is 627. The summed E-state index contributed by atoms with van der Waals surface area (Å²) >= 11 is 0. The van der Waals surface area contributed by atoms with Crippen LogP contribution >= 0.6 is 0 Å². The van der Waals surface area contributed by atoms with Gasteiger partial charge < -0.3 is 0 Å². The summed E-state index contributed by atoms with van der Waals surface area (Å²) in [7, 11) is 0. The van der Waals surface area contributed by atoms with E-state index in [4.69, 9.17) is 5.26 Å². The van der Waals surface area contributed by atoms with E-state index in [1.165, 1.54) is 24.3 Å². The predicted molar refractivity (Wildman–Crippen MR) is 60.9 cm³/mol. The topological polar surface area (TPSA) is 49.6 Å². The number of halogens is 4. The first-order valence-electron chi connectivity index (χ1n) is 5.46. The third kappa shape index (κ3) is 2.91. The summed E-state index contributed by atoms with van der Waals surface area (Å²) in [4.78, 5) is 6.40. The van der Waals surface area contributed by atoms with Crippen LogP contribution in [-0.4, -0.2) is 9.97 Å². The van der Waals surface area contributed by atoms with E-state index >= 15 is 0 Å². The number of nitriles is 1. The molecule has 1 unspecified atom stereocenters. The molecule has 0 fully saturated rings. The maximum absolute atomic E-state index is 12.8. The Hall–Kier alpha value is -2.49. The van der Waals surface area contributed by atoms with Crippen molar-refractivity contribution in [1.82, 2.24) is 9.97 Å². The molecule has 1 atom stereocenters. The molecule has 1 aromatic carbocycles. The first-order valence-corrected chi connectivity index (χ1v) is 5.46. The average molecular weight is 281 g/mol. The highest BCUT2D eigenvalue weighted by molar-refractivity contribution is 5.35. The zero-order valence-corrected chi connectivity index (χ0v) is 9.89. The molecule has 102 valence electrons. The second-order valence-corrected chi connectivity index (χ2v) is 3.95. The van der Waals surface area contributed by atoms with Crippen LogP contribution in [0.25, 0.3) is 0 Å². The van der Waals surface area contributed by atoms with E-state index in [0.717, 1.165) is 12.4 Å². The molecule has 0 saturated carbocycles. The molecule has 2 rings (SSSR count). The number of rotatable bonds is 2. The third-order valence-corrected chi connectivity index (χ3v) is 2.59. The number of aromatic nitrogens is 2. The second kappa shape index (κ2) is 5.25. The van der Waals surface area contributed by atoms with E-state index in [9.17, 15) is 17.6 Å². The van der Waals surface area contributed by atoms with Gasteiger partial charge in [0.05, 0.1) is 12.0 Å². The van der Waals surface area contributed by atoms with Crippen LogP contribution < -0.4 is 0 Å². The highest BCUT2D eigenvalue weighted by atomic mass is 19.4. The van der Waals surface area contributed by atoms with Gasteiger partial charge in [-0.2, -0.15) is 18.4 Å². The summed E-state index contributed by atoms with van der Waals surface area (Å²) in [5.41, 5.74) is 0.671. The van der Waals surface area contributed by atoms with Crippen molar-refractivity contribution in [1.29, 1.82) is 5.26 Å². The molecule has 7 heteroatoms. The zero-order valence-electron chi connectivity index (χ0n) is 9.89. The SMILES string of the molecule is N#CC(c1ccc(F)cc1)c1cnc(C(F)(F)F)nc1. The van der Waals surface area contributed by atoms with Gasteiger partial charge in [-0.25, -0.2) is 14.4 Å². The van der Waals surface area contributed by atoms with Crippen molar-refractivity contribution in [2.24, 2.45) is 0 Å². The summed E-state index contributed by atoms with van der Waals surface area (Å²) in [6, 6.07) is 7.05.